The quantitative estimate of drug-likeness (QED) is 0.843. The number of carboxylic acid groups (broad SMARTS) is 1. The van der Waals surface area contributed by atoms with E-state index in [1.807, 2.05) is 37.3 Å². The van der Waals surface area contributed by atoms with Gasteiger partial charge in [0.1, 0.15) is 0 Å². The molecule has 1 saturated heterocycles. The van der Waals surface area contributed by atoms with Crippen LogP contribution in [0.3, 0.4) is 0 Å². The number of nitrogens with one attached hydrogen (secondary N) is 1. The fraction of sp³-hybridized carbons (Fsp3) is 0.529. The van der Waals surface area contributed by atoms with E-state index in [0.29, 0.717) is 13.2 Å². The van der Waals surface area contributed by atoms with Crippen molar-refractivity contribution in [1.82, 2.24) is 5.32 Å². The summed E-state index contributed by atoms with van der Waals surface area (Å²) in [7, 11) is 0. The predicted octanol–water partition coefficient (Wildman–Crippen LogP) is 2.03. The Bertz CT molecular complexity index is 497. The van der Waals surface area contributed by atoms with Gasteiger partial charge in [-0.05, 0) is 31.2 Å². The summed E-state index contributed by atoms with van der Waals surface area (Å²) < 4.78 is 5.27. The van der Waals surface area contributed by atoms with Crippen LogP contribution in [0.5, 0.6) is 0 Å². The normalized spacial score (nSPS) is 18.4. The average molecular weight is 305 g/mol. The molecular weight excluding hydrogens is 282 g/mol. The highest BCUT2D eigenvalue weighted by molar-refractivity contribution is 5.83. The lowest BCUT2D eigenvalue weighted by Crippen LogP contribution is -2.40. The van der Waals surface area contributed by atoms with E-state index >= 15 is 0 Å². The SMILES string of the molecule is C[C@H](C(=O)NCC(C(=O)O)C1CCOCC1)c1ccccc1. The Hall–Kier alpha value is -1.88. The number of rotatable bonds is 6. The van der Waals surface area contributed by atoms with Crippen LogP contribution in [0.25, 0.3) is 0 Å². The lowest BCUT2D eigenvalue weighted by atomic mass is 9.86. The summed E-state index contributed by atoms with van der Waals surface area (Å²) in [5, 5.41) is 12.2. The van der Waals surface area contributed by atoms with E-state index in [9.17, 15) is 14.7 Å². The molecule has 1 aromatic rings. The molecule has 0 aliphatic carbocycles. The van der Waals surface area contributed by atoms with Crippen LogP contribution >= 0.6 is 0 Å². The number of benzene rings is 1. The first-order valence-corrected chi connectivity index (χ1v) is 7.72. The van der Waals surface area contributed by atoms with Crippen molar-refractivity contribution in [3.63, 3.8) is 0 Å². The molecule has 1 heterocycles. The van der Waals surface area contributed by atoms with Crippen molar-refractivity contribution in [3.8, 4) is 0 Å². The lowest BCUT2D eigenvalue weighted by Gasteiger charge is -2.28. The third kappa shape index (κ3) is 4.31. The Morgan fingerprint density at radius 2 is 1.91 bits per heavy atom. The average Bonchev–Trinajstić information content (AvgIpc) is 2.55. The summed E-state index contributed by atoms with van der Waals surface area (Å²) in [6.07, 6.45) is 1.47. The highest BCUT2D eigenvalue weighted by Gasteiger charge is 2.30. The molecule has 2 rings (SSSR count). The van der Waals surface area contributed by atoms with Gasteiger partial charge in [-0.3, -0.25) is 9.59 Å². The Labute approximate surface area is 130 Å². The molecule has 0 radical (unpaired) electrons. The van der Waals surface area contributed by atoms with Crippen LogP contribution in [0, 0.1) is 11.8 Å². The maximum Gasteiger partial charge on any atom is 0.308 e. The number of hydrogen-bond acceptors (Lipinski definition) is 3. The summed E-state index contributed by atoms with van der Waals surface area (Å²) in [6, 6.07) is 9.48. The Balaban J connectivity index is 1.91. The molecular formula is C17H23NO4. The standard InChI is InChI=1S/C17H23NO4/c1-12(13-5-3-2-4-6-13)16(19)18-11-15(17(20)21)14-7-9-22-10-8-14/h2-6,12,14-15H,7-11H2,1H3,(H,18,19)(H,20,21)/t12-,15?/m0/s1. The van der Waals surface area contributed by atoms with Crippen LogP contribution in [-0.4, -0.2) is 36.7 Å². The Morgan fingerprint density at radius 3 is 2.50 bits per heavy atom. The molecule has 1 fully saturated rings. The van der Waals surface area contributed by atoms with Gasteiger partial charge >= 0.3 is 5.97 Å². The van der Waals surface area contributed by atoms with E-state index in [4.69, 9.17) is 4.74 Å². The van der Waals surface area contributed by atoms with Crippen molar-refractivity contribution in [3.05, 3.63) is 35.9 Å². The van der Waals surface area contributed by atoms with Gasteiger partial charge in [-0.15, -0.1) is 0 Å². The Kier molecular flexibility index (Phi) is 5.95. The highest BCUT2D eigenvalue weighted by atomic mass is 16.5. The largest absolute Gasteiger partial charge is 0.481 e. The van der Waals surface area contributed by atoms with Crippen LogP contribution in [-0.2, 0) is 14.3 Å². The molecule has 22 heavy (non-hydrogen) atoms. The topological polar surface area (TPSA) is 75.6 Å². The second kappa shape index (κ2) is 7.94. The van der Waals surface area contributed by atoms with E-state index < -0.39 is 11.9 Å². The van der Waals surface area contributed by atoms with Gasteiger partial charge in [0.05, 0.1) is 11.8 Å². The van der Waals surface area contributed by atoms with E-state index in [2.05, 4.69) is 5.32 Å². The molecule has 0 bridgehead atoms. The van der Waals surface area contributed by atoms with Gasteiger partial charge in [-0.25, -0.2) is 0 Å². The first-order chi connectivity index (χ1) is 10.6. The third-order valence-corrected chi connectivity index (χ3v) is 4.34. The van der Waals surface area contributed by atoms with Crippen molar-refractivity contribution < 1.29 is 19.4 Å². The van der Waals surface area contributed by atoms with Crippen LogP contribution in [0.15, 0.2) is 30.3 Å². The number of carbonyl (C=O) groups excluding carboxylic acids is 1. The van der Waals surface area contributed by atoms with Crippen LogP contribution in [0.4, 0.5) is 0 Å². The molecule has 5 nitrogen and oxygen atoms in total. The minimum Gasteiger partial charge on any atom is -0.481 e. The molecule has 1 amide bonds. The second-order valence-corrected chi connectivity index (χ2v) is 5.77. The zero-order chi connectivity index (χ0) is 15.9. The van der Waals surface area contributed by atoms with Gasteiger partial charge in [0, 0.05) is 19.8 Å². The maximum atomic E-state index is 12.2. The minimum atomic E-state index is -0.848. The molecule has 2 N–H and O–H groups in total. The fourth-order valence-electron chi connectivity index (χ4n) is 2.83. The number of ether oxygens (including phenoxy) is 1. The fourth-order valence-corrected chi connectivity index (χ4v) is 2.83. The molecule has 5 heteroatoms. The summed E-state index contributed by atoms with van der Waals surface area (Å²) in [5.74, 6) is -1.75. The van der Waals surface area contributed by atoms with E-state index in [-0.39, 0.29) is 24.3 Å². The van der Waals surface area contributed by atoms with Crippen LogP contribution in [0.1, 0.15) is 31.2 Å². The summed E-state index contributed by atoms with van der Waals surface area (Å²) in [5.41, 5.74) is 0.929. The van der Waals surface area contributed by atoms with E-state index in [0.717, 1.165) is 18.4 Å². The summed E-state index contributed by atoms with van der Waals surface area (Å²) in [4.78, 5) is 23.7. The van der Waals surface area contributed by atoms with E-state index in [1.165, 1.54) is 0 Å². The van der Waals surface area contributed by atoms with Crippen molar-refractivity contribution in [2.45, 2.75) is 25.7 Å². The van der Waals surface area contributed by atoms with Gasteiger partial charge < -0.3 is 15.2 Å². The third-order valence-electron chi connectivity index (χ3n) is 4.34. The van der Waals surface area contributed by atoms with Crippen LogP contribution in [0.2, 0.25) is 0 Å². The number of hydrogen-bond donors (Lipinski definition) is 2. The van der Waals surface area contributed by atoms with Gasteiger partial charge in [-0.2, -0.15) is 0 Å². The molecule has 0 aromatic heterocycles. The molecule has 120 valence electrons. The first-order valence-electron chi connectivity index (χ1n) is 7.72. The molecule has 1 unspecified atom stereocenters. The van der Waals surface area contributed by atoms with Crippen LogP contribution < -0.4 is 5.32 Å². The lowest BCUT2D eigenvalue weighted by molar-refractivity contribution is -0.145. The molecule has 0 saturated carbocycles. The number of carboxylic acids is 1. The highest BCUT2D eigenvalue weighted by Crippen LogP contribution is 2.24. The zero-order valence-corrected chi connectivity index (χ0v) is 12.8. The summed E-state index contributed by atoms with van der Waals surface area (Å²) in [6.45, 7) is 3.20. The molecule has 0 spiro atoms. The van der Waals surface area contributed by atoms with Crippen molar-refractivity contribution >= 4 is 11.9 Å². The number of carbonyl (C=O) groups is 2. The van der Waals surface area contributed by atoms with Gasteiger partial charge in [0.2, 0.25) is 5.91 Å². The first kappa shape index (κ1) is 16.5. The second-order valence-electron chi connectivity index (χ2n) is 5.77. The molecule has 1 aromatic carbocycles. The van der Waals surface area contributed by atoms with Gasteiger partial charge in [-0.1, -0.05) is 30.3 Å². The van der Waals surface area contributed by atoms with Crippen molar-refractivity contribution in [1.29, 1.82) is 0 Å². The number of amides is 1. The summed E-state index contributed by atoms with van der Waals surface area (Å²) >= 11 is 0. The molecule has 1 aliphatic rings. The van der Waals surface area contributed by atoms with Crippen molar-refractivity contribution in [2.75, 3.05) is 19.8 Å². The zero-order valence-electron chi connectivity index (χ0n) is 12.8. The van der Waals surface area contributed by atoms with Gasteiger partial charge in [0.15, 0.2) is 0 Å². The number of aliphatic carboxylic acids is 1. The Morgan fingerprint density at radius 1 is 1.27 bits per heavy atom. The maximum absolute atomic E-state index is 12.2. The van der Waals surface area contributed by atoms with E-state index in [1.54, 1.807) is 0 Å². The predicted molar refractivity (Wildman–Crippen MR) is 82.5 cm³/mol. The van der Waals surface area contributed by atoms with Gasteiger partial charge in [0.25, 0.3) is 0 Å². The monoisotopic (exact) mass is 305 g/mol. The smallest absolute Gasteiger partial charge is 0.308 e. The van der Waals surface area contributed by atoms with Crippen molar-refractivity contribution in [2.24, 2.45) is 11.8 Å². The molecule has 1 aliphatic heterocycles. The minimum absolute atomic E-state index is 0.0681. The molecule has 2 atom stereocenters.